The van der Waals surface area contributed by atoms with Gasteiger partial charge >= 0.3 is 10.4 Å². The first kappa shape index (κ1) is 22.4. The van der Waals surface area contributed by atoms with E-state index in [9.17, 15) is 8.42 Å². The Labute approximate surface area is 142 Å². The molecule has 0 aromatic heterocycles. The summed E-state index contributed by atoms with van der Waals surface area (Å²) in [5.74, 6) is 0. The van der Waals surface area contributed by atoms with Crippen LogP contribution >= 0.6 is 0 Å². The Bertz CT molecular complexity index is 718. The molecule has 0 aliphatic rings. The Morgan fingerprint density at radius 1 is 1.17 bits per heavy atom. The summed E-state index contributed by atoms with van der Waals surface area (Å²) >= 11 is 0. The van der Waals surface area contributed by atoms with Crippen LogP contribution in [0.15, 0.2) is 12.1 Å². The first-order chi connectivity index (χ1) is 10.7. The quantitative estimate of drug-likeness (QED) is 0.330. The highest BCUT2D eigenvalue weighted by Gasteiger charge is 2.09. The number of hydrogen-bond acceptors (Lipinski definition) is 7. The molecule has 0 aliphatic heterocycles. The topological polar surface area (TPSA) is 176 Å². The average Bonchev–Trinajstić information content (AvgIpc) is 2.37. The van der Waals surface area contributed by atoms with Crippen molar-refractivity contribution in [1.82, 2.24) is 4.72 Å². The molecular weight excluding hydrogens is 360 g/mol. The molecule has 0 heterocycles. The number of nitrogens with one attached hydrogen (secondary N) is 1. The lowest BCUT2D eigenvalue weighted by atomic mass is 10.1. The molecule has 0 aliphatic carbocycles. The second-order valence-electron chi connectivity index (χ2n) is 4.96. The molecule has 0 unspecified atom stereocenters. The van der Waals surface area contributed by atoms with Crippen molar-refractivity contribution >= 4 is 37.5 Å². The van der Waals surface area contributed by atoms with E-state index in [1.54, 1.807) is 0 Å². The minimum absolute atomic E-state index is 0.357. The van der Waals surface area contributed by atoms with Crippen LogP contribution in [0.3, 0.4) is 0 Å². The minimum atomic E-state index is -4.67. The smallest absolute Gasteiger partial charge is 0.394 e. The fraction of sp³-hybridized carbons (Fsp3) is 0.500. The van der Waals surface area contributed by atoms with Crippen molar-refractivity contribution in [1.29, 1.82) is 0 Å². The zero-order valence-corrected chi connectivity index (χ0v) is 15.4. The molecule has 10 nitrogen and oxygen atoms in total. The fourth-order valence-electron chi connectivity index (χ4n) is 1.82. The summed E-state index contributed by atoms with van der Waals surface area (Å²) in [5, 5.41) is 0. The average molecular weight is 384 g/mol. The van der Waals surface area contributed by atoms with Gasteiger partial charge in [0.15, 0.2) is 0 Å². The zero-order valence-electron chi connectivity index (χ0n) is 13.7. The van der Waals surface area contributed by atoms with E-state index in [4.69, 9.17) is 29.0 Å². The second-order valence-corrected chi connectivity index (χ2v) is 7.69. The third kappa shape index (κ3) is 10.2. The highest BCUT2D eigenvalue weighted by molar-refractivity contribution is 7.88. The molecule has 0 amide bonds. The summed E-state index contributed by atoms with van der Waals surface area (Å²) in [4.78, 5) is 2.04. The summed E-state index contributed by atoms with van der Waals surface area (Å²) in [7, 11) is -7.82. The van der Waals surface area contributed by atoms with Gasteiger partial charge in [-0.25, -0.2) is 13.1 Å². The lowest BCUT2D eigenvalue weighted by Crippen LogP contribution is -2.34. The minimum Gasteiger partial charge on any atom is -0.397 e. The van der Waals surface area contributed by atoms with E-state index in [0.717, 1.165) is 24.1 Å². The molecular formula is C12H24N4O6S2. The largest absolute Gasteiger partial charge is 0.397 e. The molecule has 24 heavy (non-hydrogen) atoms. The van der Waals surface area contributed by atoms with Gasteiger partial charge in [0.2, 0.25) is 10.0 Å². The maximum absolute atomic E-state index is 11.0. The van der Waals surface area contributed by atoms with Crippen LogP contribution in [0, 0.1) is 6.92 Å². The van der Waals surface area contributed by atoms with Gasteiger partial charge in [0.05, 0.1) is 17.6 Å². The van der Waals surface area contributed by atoms with Crippen LogP contribution < -0.4 is 21.1 Å². The van der Waals surface area contributed by atoms with Crippen molar-refractivity contribution in [2.75, 3.05) is 42.3 Å². The van der Waals surface area contributed by atoms with E-state index in [-0.39, 0.29) is 0 Å². The molecule has 0 atom stereocenters. The van der Waals surface area contributed by atoms with Crippen molar-refractivity contribution in [3.63, 3.8) is 0 Å². The molecule has 0 bridgehead atoms. The number of aryl methyl sites for hydroxylation is 1. The van der Waals surface area contributed by atoms with Crippen molar-refractivity contribution in [2.45, 2.75) is 13.8 Å². The van der Waals surface area contributed by atoms with Crippen LogP contribution in [0.25, 0.3) is 0 Å². The fourth-order valence-corrected chi connectivity index (χ4v) is 2.29. The maximum atomic E-state index is 11.0. The number of nitrogens with two attached hydrogens (primary N) is 2. The Kier molecular flexibility index (Phi) is 8.43. The van der Waals surface area contributed by atoms with Crippen LogP contribution in [0.4, 0.5) is 17.1 Å². The van der Waals surface area contributed by atoms with Crippen molar-refractivity contribution in [2.24, 2.45) is 0 Å². The Morgan fingerprint density at radius 2 is 1.67 bits per heavy atom. The molecule has 1 aromatic carbocycles. The van der Waals surface area contributed by atoms with Crippen molar-refractivity contribution < 1.29 is 25.9 Å². The summed E-state index contributed by atoms with van der Waals surface area (Å²) in [6, 6.07) is 3.77. The number of anilines is 3. The van der Waals surface area contributed by atoms with Gasteiger partial charge in [0.1, 0.15) is 0 Å². The molecule has 7 N–H and O–H groups in total. The van der Waals surface area contributed by atoms with Crippen LogP contribution in [-0.4, -0.2) is 51.8 Å². The second kappa shape index (κ2) is 9.03. The Balaban J connectivity index is 0.000000922. The number of nitrogen functional groups attached to an aromatic ring is 2. The standard InChI is InChI=1S/C12H22N4O2S.H2O4S/c1-4-16(6-5-15-19(3,17)18)10-7-9(2)12(14)11(13)8-10;1-5(2,3)4/h7-8,15H,4-6,13-14H2,1-3H3;(H2,1,2,3,4). The van der Waals surface area contributed by atoms with Gasteiger partial charge in [0, 0.05) is 25.3 Å². The van der Waals surface area contributed by atoms with E-state index in [1.165, 1.54) is 0 Å². The Morgan fingerprint density at radius 3 is 2.04 bits per heavy atom. The molecule has 0 radical (unpaired) electrons. The number of hydrogen-bond donors (Lipinski definition) is 5. The van der Waals surface area contributed by atoms with Crippen LogP contribution in [0.1, 0.15) is 12.5 Å². The van der Waals surface area contributed by atoms with Crippen LogP contribution in [0.2, 0.25) is 0 Å². The van der Waals surface area contributed by atoms with E-state index in [0.29, 0.717) is 24.5 Å². The van der Waals surface area contributed by atoms with E-state index < -0.39 is 20.4 Å². The number of rotatable bonds is 6. The number of sulfonamides is 1. The molecule has 1 aromatic rings. The van der Waals surface area contributed by atoms with Crippen LogP contribution in [0.5, 0.6) is 0 Å². The molecule has 140 valence electrons. The Hall–Kier alpha value is -1.60. The van der Waals surface area contributed by atoms with E-state index in [1.807, 2.05) is 30.9 Å². The lowest BCUT2D eigenvalue weighted by molar-refractivity contribution is 0.381. The highest BCUT2D eigenvalue weighted by atomic mass is 32.3. The van der Waals surface area contributed by atoms with Gasteiger partial charge in [-0.2, -0.15) is 8.42 Å². The van der Waals surface area contributed by atoms with Gasteiger partial charge in [-0.3, -0.25) is 9.11 Å². The van der Waals surface area contributed by atoms with Gasteiger partial charge in [0.25, 0.3) is 0 Å². The van der Waals surface area contributed by atoms with Gasteiger partial charge in [-0.05, 0) is 31.5 Å². The third-order valence-electron chi connectivity index (χ3n) is 2.90. The van der Waals surface area contributed by atoms with Gasteiger partial charge < -0.3 is 16.4 Å². The SMILES string of the molecule is CCN(CCNS(C)(=O)=O)c1cc(C)c(N)c(N)c1.O=S(=O)(O)O. The molecule has 0 saturated carbocycles. The summed E-state index contributed by atoms with van der Waals surface area (Å²) in [6.07, 6.45) is 1.15. The third-order valence-corrected chi connectivity index (χ3v) is 3.62. The van der Waals surface area contributed by atoms with Crippen molar-refractivity contribution in [3.8, 4) is 0 Å². The predicted octanol–water partition coefficient (Wildman–Crippen LogP) is -0.118. The molecule has 0 fully saturated rings. The summed E-state index contributed by atoms with van der Waals surface area (Å²) < 4.78 is 56.1. The molecule has 12 heteroatoms. The highest BCUT2D eigenvalue weighted by Crippen LogP contribution is 2.26. The maximum Gasteiger partial charge on any atom is 0.394 e. The van der Waals surface area contributed by atoms with Crippen LogP contribution in [-0.2, 0) is 20.4 Å². The van der Waals surface area contributed by atoms with E-state index >= 15 is 0 Å². The predicted molar refractivity (Wildman–Crippen MR) is 94.9 cm³/mol. The first-order valence-electron chi connectivity index (χ1n) is 6.79. The zero-order chi connectivity index (χ0) is 19.1. The van der Waals surface area contributed by atoms with Crippen molar-refractivity contribution in [3.05, 3.63) is 17.7 Å². The number of likely N-dealkylation sites (N-methyl/N-ethyl adjacent to an activating group) is 1. The summed E-state index contributed by atoms with van der Waals surface area (Å²) in [6.45, 7) is 5.59. The molecule has 1 rings (SSSR count). The van der Waals surface area contributed by atoms with E-state index in [2.05, 4.69) is 4.72 Å². The normalized spacial score (nSPS) is 11.5. The molecule has 0 saturated heterocycles. The summed E-state index contributed by atoms with van der Waals surface area (Å²) in [5.41, 5.74) is 14.7. The monoisotopic (exact) mass is 384 g/mol. The first-order valence-corrected chi connectivity index (χ1v) is 10.1. The molecule has 0 spiro atoms. The number of nitrogens with zero attached hydrogens (tertiary/aromatic N) is 1. The lowest BCUT2D eigenvalue weighted by Gasteiger charge is -2.24. The van der Waals surface area contributed by atoms with Gasteiger partial charge in [-0.15, -0.1) is 0 Å². The number of benzene rings is 1. The van der Waals surface area contributed by atoms with Gasteiger partial charge in [-0.1, -0.05) is 0 Å².